The first-order chi connectivity index (χ1) is 9.50. The molecule has 20 heavy (non-hydrogen) atoms. The highest BCUT2D eigenvalue weighted by Crippen LogP contribution is 2.34. The maximum atomic E-state index is 11.7. The Bertz CT molecular complexity index is 538. The maximum Gasteiger partial charge on any atom is 0.220 e. The Morgan fingerprint density at radius 2 is 2.15 bits per heavy atom. The molecule has 1 aromatic rings. The minimum Gasteiger partial charge on any atom is -0.374 e. The summed E-state index contributed by atoms with van der Waals surface area (Å²) >= 11 is 0. The first-order valence-electron chi connectivity index (χ1n) is 7.64. The van der Waals surface area contributed by atoms with Gasteiger partial charge in [0.15, 0.2) is 0 Å². The van der Waals surface area contributed by atoms with Crippen LogP contribution in [0.1, 0.15) is 37.8 Å². The Morgan fingerprint density at radius 3 is 2.80 bits per heavy atom. The predicted octanol–water partition coefficient (Wildman–Crippen LogP) is 2.53. The third-order valence-electron chi connectivity index (χ3n) is 5.08. The van der Waals surface area contributed by atoms with E-state index in [4.69, 9.17) is 0 Å². The van der Waals surface area contributed by atoms with Crippen molar-refractivity contribution in [3.8, 4) is 0 Å². The van der Waals surface area contributed by atoms with Crippen molar-refractivity contribution >= 4 is 11.6 Å². The Morgan fingerprint density at radius 1 is 1.35 bits per heavy atom. The molecule has 2 aliphatic heterocycles. The van der Waals surface area contributed by atoms with Crippen LogP contribution in [0.2, 0.25) is 0 Å². The number of carbonyl (C=O) groups is 1. The molecule has 0 saturated carbocycles. The van der Waals surface area contributed by atoms with Crippen LogP contribution in [0.5, 0.6) is 0 Å². The number of anilines is 1. The van der Waals surface area contributed by atoms with E-state index >= 15 is 0 Å². The summed E-state index contributed by atoms with van der Waals surface area (Å²) in [5, 5.41) is 3.24. The molecular weight excluding hydrogens is 248 g/mol. The zero-order valence-electron chi connectivity index (χ0n) is 12.7. The first kappa shape index (κ1) is 13.5. The highest BCUT2D eigenvalue weighted by Gasteiger charge is 2.40. The average Bonchev–Trinajstić information content (AvgIpc) is 2.95. The molecule has 0 spiro atoms. The van der Waals surface area contributed by atoms with E-state index in [0.29, 0.717) is 12.3 Å². The largest absolute Gasteiger partial charge is 0.374 e. The van der Waals surface area contributed by atoms with Crippen LogP contribution in [0.3, 0.4) is 0 Å². The summed E-state index contributed by atoms with van der Waals surface area (Å²) in [7, 11) is 2.15. The molecule has 0 radical (unpaired) electrons. The Hall–Kier alpha value is -1.51. The fourth-order valence-electron chi connectivity index (χ4n) is 3.60. The van der Waals surface area contributed by atoms with E-state index in [0.717, 1.165) is 25.8 Å². The van der Waals surface area contributed by atoms with Gasteiger partial charge in [0.2, 0.25) is 5.91 Å². The van der Waals surface area contributed by atoms with Gasteiger partial charge in [0.1, 0.15) is 0 Å². The second-order valence-corrected chi connectivity index (χ2v) is 6.67. The molecule has 1 amide bonds. The van der Waals surface area contributed by atoms with Crippen LogP contribution in [-0.4, -0.2) is 25.0 Å². The van der Waals surface area contributed by atoms with Crippen molar-refractivity contribution in [3.63, 3.8) is 0 Å². The number of benzene rings is 1. The summed E-state index contributed by atoms with van der Waals surface area (Å²) in [5.74, 6) is 0.671. The summed E-state index contributed by atoms with van der Waals surface area (Å²) in [6, 6.07) is 6.81. The van der Waals surface area contributed by atoms with Crippen LogP contribution in [0.4, 0.5) is 5.69 Å². The van der Waals surface area contributed by atoms with Crippen molar-refractivity contribution in [1.82, 2.24) is 5.32 Å². The molecule has 1 saturated heterocycles. The number of nitrogens with one attached hydrogen (secondary N) is 1. The molecule has 0 aromatic heterocycles. The number of amides is 1. The molecule has 0 aliphatic carbocycles. The molecule has 2 aliphatic rings. The summed E-state index contributed by atoms with van der Waals surface area (Å²) < 4.78 is 0. The minimum absolute atomic E-state index is 0.0458. The van der Waals surface area contributed by atoms with Crippen LogP contribution in [0.15, 0.2) is 18.2 Å². The van der Waals surface area contributed by atoms with Gasteiger partial charge in [0.05, 0.1) is 0 Å². The fraction of sp³-hybridized carbons (Fsp3) is 0.588. The predicted molar refractivity (Wildman–Crippen MR) is 82.1 cm³/mol. The van der Waals surface area contributed by atoms with E-state index in [1.165, 1.54) is 16.8 Å². The second-order valence-electron chi connectivity index (χ2n) is 6.67. The third kappa shape index (κ3) is 2.19. The molecule has 1 aromatic carbocycles. The van der Waals surface area contributed by atoms with Crippen molar-refractivity contribution in [2.75, 3.05) is 18.5 Å². The third-order valence-corrected chi connectivity index (χ3v) is 5.08. The second kappa shape index (κ2) is 4.80. The highest BCUT2D eigenvalue weighted by atomic mass is 16.2. The first-order valence-corrected chi connectivity index (χ1v) is 7.64. The van der Waals surface area contributed by atoms with Gasteiger partial charge in [-0.15, -0.1) is 0 Å². The van der Waals surface area contributed by atoms with E-state index in [1.807, 2.05) is 0 Å². The summed E-state index contributed by atoms with van der Waals surface area (Å²) in [6.07, 6.45) is 3.72. The van der Waals surface area contributed by atoms with E-state index in [-0.39, 0.29) is 11.4 Å². The SMILES string of the molecule is CC(C)C1(Cc2ccc3c(c2)CCN3C)CCC(=O)N1. The number of carbonyl (C=O) groups excluding carboxylic acids is 1. The standard InChI is InChI=1S/C17H24N2O/c1-12(2)17(8-6-16(20)18-17)11-13-4-5-15-14(10-13)7-9-19(15)3/h4-5,10,12H,6-9,11H2,1-3H3,(H,18,20). The van der Waals surface area contributed by atoms with Crippen LogP contribution in [-0.2, 0) is 17.6 Å². The lowest BCUT2D eigenvalue weighted by atomic mass is 9.79. The Balaban J connectivity index is 1.85. The topological polar surface area (TPSA) is 32.3 Å². The molecule has 108 valence electrons. The number of hydrogen-bond acceptors (Lipinski definition) is 2. The van der Waals surface area contributed by atoms with Gasteiger partial charge in [-0.05, 0) is 42.4 Å². The molecule has 3 rings (SSSR count). The smallest absolute Gasteiger partial charge is 0.220 e. The van der Waals surface area contributed by atoms with Crippen molar-refractivity contribution < 1.29 is 4.79 Å². The van der Waals surface area contributed by atoms with Gasteiger partial charge >= 0.3 is 0 Å². The minimum atomic E-state index is -0.0458. The Labute approximate surface area is 121 Å². The van der Waals surface area contributed by atoms with E-state index in [1.54, 1.807) is 0 Å². The molecule has 1 atom stereocenters. The highest BCUT2D eigenvalue weighted by molar-refractivity contribution is 5.79. The van der Waals surface area contributed by atoms with Gasteiger partial charge in [0.25, 0.3) is 0 Å². The number of nitrogens with zero attached hydrogens (tertiary/aromatic N) is 1. The van der Waals surface area contributed by atoms with Crippen molar-refractivity contribution in [2.24, 2.45) is 5.92 Å². The zero-order valence-corrected chi connectivity index (χ0v) is 12.7. The van der Waals surface area contributed by atoms with Crippen molar-refractivity contribution in [2.45, 2.75) is 45.1 Å². The van der Waals surface area contributed by atoms with Gasteiger partial charge in [-0.25, -0.2) is 0 Å². The maximum absolute atomic E-state index is 11.7. The van der Waals surface area contributed by atoms with Gasteiger partial charge in [0, 0.05) is 31.2 Å². The summed E-state index contributed by atoms with van der Waals surface area (Å²) in [4.78, 5) is 14.0. The molecule has 3 heteroatoms. The van der Waals surface area contributed by atoms with Crippen LogP contribution in [0, 0.1) is 5.92 Å². The lowest BCUT2D eigenvalue weighted by molar-refractivity contribution is -0.120. The molecule has 1 unspecified atom stereocenters. The lowest BCUT2D eigenvalue weighted by Gasteiger charge is -2.34. The number of likely N-dealkylation sites (N-methyl/N-ethyl adjacent to an activating group) is 1. The number of rotatable bonds is 3. The monoisotopic (exact) mass is 272 g/mol. The van der Waals surface area contributed by atoms with Gasteiger partial charge in [-0.1, -0.05) is 26.0 Å². The fourth-order valence-corrected chi connectivity index (χ4v) is 3.60. The van der Waals surface area contributed by atoms with Gasteiger partial charge in [-0.2, -0.15) is 0 Å². The molecule has 3 nitrogen and oxygen atoms in total. The summed E-state index contributed by atoms with van der Waals surface area (Å²) in [5.41, 5.74) is 4.13. The van der Waals surface area contributed by atoms with E-state index in [9.17, 15) is 4.79 Å². The van der Waals surface area contributed by atoms with Crippen LogP contribution in [0.25, 0.3) is 0 Å². The molecule has 1 N–H and O–H groups in total. The average molecular weight is 272 g/mol. The van der Waals surface area contributed by atoms with Gasteiger partial charge in [-0.3, -0.25) is 4.79 Å². The lowest BCUT2D eigenvalue weighted by Crippen LogP contribution is -2.48. The normalized spacial score (nSPS) is 25.2. The van der Waals surface area contributed by atoms with E-state index in [2.05, 4.69) is 49.3 Å². The molecule has 1 fully saturated rings. The molecule has 2 heterocycles. The quantitative estimate of drug-likeness (QED) is 0.917. The zero-order chi connectivity index (χ0) is 14.3. The van der Waals surface area contributed by atoms with Crippen LogP contribution >= 0.6 is 0 Å². The van der Waals surface area contributed by atoms with Gasteiger partial charge < -0.3 is 10.2 Å². The summed E-state index contributed by atoms with van der Waals surface area (Å²) in [6.45, 7) is 5.55. The van der Waals surface area contributed by atoms with Crippen LogP contribution < -0.4 is 10.2 Å². The van der Waals surface area contributed by atoms with Crippen molar-refractivity contribution in [1.29, 1.82) is 0 Å². The number of hydrogen-bond donors (Lipinski definition) is 1. The van der Waals surface area contributed by atoms with Crippen molar-refractivity contribution in [3.05, 3.63) is 29.3 Å². The molecular formula is C17H24N2O. The number of fused-ring (bicyclic) bond motifs is 1. The molecule has 0 bridgehead atoms. The Kier molecular flexibility index (Phi) is 3.23. The van der Waals surface area contributed by atoms with E-state index < -0.39 is 0 Å².